The standard InChI is InChI=1S/C46H35N/c1-30-12-4-11-19-45(30)47(36-23-25-44-42(29-36)39-17-9-10-18-43(39)46(44,2)3)35-22-24-38-37-16-8-7-15-33(37)27-40(41(38)28-35)34-21-20-31-13-5-6-14-32(31)26-34/h4-29H,1-3H3. The van der Waals surface area contributed by atoms with Gasteiger partial charge in [-0.15, -0.1) is 0 Å². The lowest BCUT2D eigenvalue weighted by molar-refractivity contribution is 0.660. The highest BCUT2D eigenvalue weighted by atomic mass is 15.1. The summed E-state index contributed by atoms with van der Waals surface area (Å²) in [6, 6.07) is 58.4. The van der Waals surface area contributed by atoms with Crippen molar-refractivity contribution < 1.29 is 0 Å². The van der Waals surface area contributed by atoms with Crippen molar-refractivity contribution in [3.8, 4) is 22.3 Å². The molecule has 0 saturated heterocycles. The zero-order chi connectivity index (χ0) is 31.7. The van der Waals surface area contributed by atoms with Crippen LogP contribution in [0.15, 0.2) is 158 Å². The van der Waals surface area contributed by atoms with Gasteiger partial charge in [0.25, 0.3) is 0 Å². The number of anilines is 3. The highest BCUT2D eigenvalue weighted by Crippen LogP contribution is 2.51. The van der Waals surface area contributed by atoms with Gasteiger partial charge in [-0.3, -0.25) is 0 Å². The van der Waals surface area contributed by atoms with Crippen LogP contribution in [0, 0.1) is 6.92 Å². The summed E-state index contributed by atoms with van der Waals surface area (Å²) in [5.41, 5.74) is 12.6. The summed E-state index contributed by atoms with van der Waals surface area (Å²) in [5.74, 6) is 0. The lowest BCUT2D eigenvalue weighted by Crippen LogP contribution is -2.15. The minimum Gasteiger partial charge on any atom is -0.310 e. The third-order valence-corrected chi connectivity index (χ3v) is 10.3. The zero-order valence-corrected chi connectivity index (χ0v) is 27.0. The first kappa shape index (κ1) is 27.6. The summed E-state index contributed by atoms with van der Waals surface area (Å²) >= 11 is 0. The number of hydrogen-bond acceptors (Lipinski definition) is 1. The van der Waals surface area contributed by atoms with Gasteiger partial charge in [-0.1, -0.05) is 129 Å². The Bertz CT molecular complexity index is 2520. The van der Waals surface area contributed by atoms with E-state index in [9.17, 15) is 0 Å². The van der Waals surface area contributed by atoms with Gasteiger partial charge < -0.3 is 4.90 Å². The second-order valence-electron chi connectivity index (χ2n) is 13.5. The maximum atomic E-state index is 2.45. The van der Waals surface area contributed by atoms with Crippen LogP contribution < -0.4 is 4.90 Å². The Hall–Kier alpha value is -5.66. The molecule has 0 heterocycles. The number of para-hydroxylation sites is 1. The van der Waals surface area contributed by atoms with E-state index in [1.165, 1.54) is 76.9 Å². The summed E-state index contributed by atoms with van der Waals surface area (Å²) in [5, 5.41) is 7.57. The summed E-state index contributed by atoms with van der Waals surface area (Å²) in [7, 11) is 0. The number of fused-ring (bicyclic) bond motifs is 7. The molecular weight excluding hydrogens is 567 g/mol. The molecule has 8 aromatic rings. The maximum absolute atomic E-state index is 2.45. The SMILES string of the molecule is Cc1ccccc1N(c1ccc2c(c1)-c1ccccc1C2(C)C)c1ccc2c(c1)c(-c1ccc3ccccc3c1)cc1ccccc12. The molecule has 0 amide bonds. The molecule has 0 bridgehead atoms. The molecule has 1 aliphatic rings. The predicted molar refractivity (Wildman–Crippen MR) is 201 cm³/mol. The normalized spacial score (nSPS) is 13.2. The molecule has 0 saturated carbocycles. The molecule has 0 fully saturated rings. The Morgan fingerprint density at radius 3 is 1.98 bits per heavy atom. The monoisotopic (exact) mass is 601 g/mol. The molecule has 47 heavy (non-hydrogen) atoms. The third kappa shape index (κ3) is 4.31. The first-order valence-corrected chi connectivity index (χ1v) is 16.5. The van der Waals surface area contributed by atoms with Crippen LogP contribution in [0.4, 0.5) is 17.1 Å². The highest BCUT2D eigenvalue weighted by Gasteiger charge is 2.35. The maximum Gasteiger partial charge on any atom is 0.0490 e. The van der Waals surface area contributed by atoms with E-state index in [0.29, 0.717) is 0 Å². The van der Waals surface area contributed by atoms with Crippen LogP contribution in [-0.4, -0.2) is 0 Å². The Morgan fingerprint density at radius 2 is 1.11 bits per heavy atom. The lowest BCUT2D eigenvalue weighted by Gasteiger charge is -2.29. The summed E-state index contributed by atoms with van der Waals surface area (Å²) in [4.78, 5) is 2.45. The van der Waals surface area contributed by atoms with Crippen molar-refractivity contribution >= 4 is 49.4 Å². The molecule has 0 aliphatic heterocycles. The molecule has 1 nitrogen and oxygen atoms in total. The second kappa shape index (κ2) is 10.4. The van der Waals surface area contributed by atoms with Gasteiger partial charge in [-0.25, -0.2) is 0 Å². The molecular formula is C46H35N. The van der Waals surface area contributed by atoms with Crippen molar-refractivity contribution in [1.82, 2.24) is 0 Å². The number of benzene rings is 8. The Kier molecular flexibility index (Phi) is 6.14. The quantitative estimate of drug-likeness (QED) is 0.181. The topological polar surface area (TPSA) is 3.24 Å². The van der Waals surface area contributed by atoms with Crippen LogP contribution in [-0.2, 0) is 5.41 Å². The van der Waals surface area contributed by atoms with Gasteiger partial charge in [-0.2, -0.15) is 0 Å². The van der Waals surface area contributed by atoms with E-state index in [1.807, 2.05) is 0 Å². The van der Waals surface area contributed by atoms with E-state index in [4.69, 9.17) is 0 Å². The van der Waals surface area contributed by atoms with Gasteiger partial charge in [0.15, 0.2) is 0 Å². The number of rotatable bonds is 4. The summed E-state index contributed by atoms with van der Waals surface area (Å²) in [6.07, 6.45) is 0. The van der Waals surface area contributed by atoms with Crippen molar-refractivity contribution in [3.05, 3.63) is 174 Å². The van der Waals surface area contributed by atoms with E-state index in [0.717, 1.165) is 11.4 Å². The van der Waals surface area contributed by atoms with Crippen LogP contribution in [0.3, 0.4) is 0 Å². The fraction of sp³-hybridized carbons (Fsp3) is 0.0870. The van der Waals surface area contributed by atoms with Gasteiger partial charge in [0.1, 0.15) is 0 Å². The van der Waals surface area contributed by atoms with Gasteiger partial charge in [-0.05, 0) is 121 Å². The van der Waals surface area contributed by atoms with E-state index < -0.39 is 0 Å². The van der Waals surface area contributed by atoms with Crippen LogP contribution in [0.25, 0.3) is 54.6 Å². The molecule has 0 N–H and O–H groups in total. The van der Waals surface area contributed by atoms with Gasteiger partial charge in [0, 0.05) is 22.5 Å². The van der Waals surface area contributed by atoms with Crippen molar-refractivity contribution in [2.75, 3.05) is 4.90 Å². The fourth-order valence-electron chi connectivity index (χ4n) is 7.91. The average molecular weight is 602 g/mol. The first-order valence-electron chi connectivity index (χ1n) is 16.5. The van der Waals surface area contributed by atoms with Crippen molar-refractivity contribution in [2.24, 2.45) is 0 Å². The first-order chi connectivity index (χ1) is 23.0. The molecule has 0 atom stereocenters. The molecule has 9 rings (SSSR count). The molecule has 224 valence electrons. The molecule has 0 aromatic heterocycles. The van der Waals surface area contributed by atoms with Crippen molar-refractivity contribution in [1.29, 1.82) is 0 Å². The second-order valence-corrected chi connectivity index (χ2v) is 13.5. The molecule has 1 heteroatoms. The number of nitrogens with zero attached hydrogens (tertiary/aromatic N) is 1. The van der Waals surface area contributed by atoms with Crippen LogP contribution in [0.1, 0.15) is 30.5 Å². The smallest absolute Gasteiger partial charge is 0.0490 e. The summed E-state index contributed by atoms with van der Waals surface area (Å²) < 4.78 is 0. The zero-order valence-electron chi connectivity index (χ0n) is 27.0. The third-order valence-electron chi connectivity index (χ3n) is 10.3. The Balaban J connectivity index is 1.30. The van der Waals surface area contributed by atoms with Gasteiger partial charge >= 0.3 is 0 Å². The van der Waals surface area contributed by atoms with Crippen LogP contribution >= 0.6 is 0 Å². The number of aryl methyl sites for hydroxylation is 1. The lowest BCUT2D eigenvalue weighted by atomic mass is 9.82. The fourth-order valence-corrected chi connectivity index (χ4v) is 7.91. The largest absolute Gasteiger partial charge is 0.310 e. The minimum absolute atomic E-state index is 0.0310. The highest BCUT2D eigenvalue weighted by molar-refractivity contribution is 6.15. The predicted octanol–water partition coefficient (Wildman–Crippen LogP) is 12.9. The molecule has 0 unspecified atom stereocenters. The van der Waals surface area contributed by atoms with E-state index in [1.54, 1.807) is 0 Å². The number of hydrogen-bond donors (Lipinski definition) is 0. The Morgan fingerprint density at radius 1 is 0.426 bits per heavy atom. The Labute approximate surface area is 276 Å². The molecule has 8 aromatic carbocycles. The van der Waals surface area contributed by atoms with E-state index in [-0.39, 0.29) is 5.41 Å². The summed E-state index contributed by atoms with van der Waals surface area (Å²) in [6.45, 7) is 6.90. The molecule has 1 aliphatic carbocycles. The van der Waals surface area contributed by atoms with Crippen LogP contribution in [0.5, 0.6) is 0 Å². The van der Waals surface area contributed by atoms with Crippen molar-refractivity contribution in [2.45, 2.75) is 26.2 Å². The van der Waals surface area contributed by atoms with Gasteiger partial charge in [0.05, 0.1) is 0 Å². The molecule has 0 spiro atoms. The van der Waals surface area contributed by atoms with Crippen molar-refractivity contribution in [3.63, 3.8) is 0 Å². The average Bonchev–Trinajstić information content (AvgIpc) is 3.34. The van der Waals surface area contributed by atoms with E-state index >= 15 is 0 Å². The minimum atomic E-state index is -0.0310. The van der Waals surface area contributed by atoms with E-state index in [2.05, 4.69) is 183 Å². The van der Waals surface area contributed by atoms with Crippen LogP contribution in [0.2, 0.25) is 0 Å². The molecule has 0 radical (unpaired) electrons. The van der Waals surface area contributed by atoms with Gasteiger partial charge in [0.2, 0.25) is 0 Å².